The molecule has 138 valence electrons. The number of para-hydroxylation sites is 1. The Labute approximate surface area is 158 Å². The van der Waals surface area contributed by atoms with Crippen LogP contribution in [0.1, 0.15) is 36.5 Å². The van der Waals surface area contributed by atoms with Gasteiger partial charge < -0.3 is 14.8 Å². The number of anilines is 1. The molecule has 1 N–H and O–H groups in total. The predicted molar refractivity (Wildman–Crippen MR) is 102 cm³/mol. The SMILES string of the molecule is CCCCOC(=O)c1ccc(NC(=O)CCOc2ccccc2Cl)cc1. The van der Waals surface area contributed by atoms with Gasteiger partial charge in [0.05, 0.1) is 30.2 Å². The summed E-state index contributed by atoms with van der Waals surface area (Å²) in [6.45, 7) is 2.67. The molecule has 26 heavy (non-hydrogen) atoms. The first-order chi connectivity index (χ1) is 12.6. The maximum absolute atomic E-state index is 12.0. The number of esters is 1. The van der Waals surface area contributed by atoms with Crippen LogP contribution in [0.4, 0.5) is 5.69 Å². The lowest BCUT2D eigenvalue weighted by molar-refractivity contribution is -0.116. The van der Waals surface area contributed by atoms with Crippen molar-refractivity contribution in [3.8, 4) is 5.75 Å². The minimum Gasteiger partial charge on any atom is -0.491 e. The number of amides is 1. The smallest absolute Gasteiger partial charge is 0.338 e. The lowest BCUT2D eigenvalue weighted by Gasteiger charge is -2.09. The Bertz CT molecular complexity index is 731. The van der Waals surface area contributed by atoms with Crippen LogP contribution < -0.4 is 10.1 Å². The van der Waals surface area contributed by atoms with Crippen LogP contribution in [0.2, 0.25) is 5.02 Å². The van der Waals surface area contributed by atoms with Crippen LogP contribution >= 0.6 is 11.6 Å². The molecular formula is C20H22ClNO4. The monoisotopic (exact) mass is 375 g/mol. The van der Waals surface area contributed by atoms with E-state index < -0.39 is 0 Å². The minimum absolute atomic E-state index is 0.185. The van der Waals surface area contributed by atoms with Gasteiger partial charge >= 0.3 is 5.97 Å². The number of rotatable bonds is 9. The highest BCUT2D eigenvalue weighted by molar-refractivity contribution is 6.32. The van der Waals surface area contributed by atoms with Gasteiger partial charge in [0.2, 0.25) is 5.91 Å². The van der Waals surface area contributed by atoms with E-state index in [1.54, 1.807) is 36.4 Å². The van der Waals surface area contributed by atoms with E-state index in [1.807, 2.05) is 19.1 Å². The van der Waals surface area contributed by atoms with Gasteiger partial charge in [0.1, 0.15) is 5.75 Å². The van der Waals surface area contributed by atoms with Crippen LogP contribution in [-0.2, 0) is 9.53 Å². The normalized spacial score (nSPS) is 10.2. The molecule has 1 amide bonds. The second-order valence-corrected chi connectivity index (χ2v) is 6.05. The molecular weight excluding hydrogens is 354 g/mol. The molecule has 0 atom stereocenters. The summed E-state index contributed by atoms with van der Waals surface area (Å²) in [5, 5.41) is 3.27. The van der Waals surface area contributed by atoms with E-state index in [0.29, 0.717) is 28.6 Å². The Kier molecular flexibility index (Phi) is 7.96. The maximum Gasteiger partial charge on any atom is 0.338 e. The molecule has 0 radical (unpaired) electrons. The van der Waals surface area contributed by atoms with Crippen LogP contribution in [0, 0.1) is 0 Å². The average Bonchev–Trinajstić information content (AvgIpc) is 2.64. The molecule has 2 aromatic rings. The van der Waals surface area contributed by atoms with Gasteiger partial charge in [-0.3, -0.25) is 4.79 Å². The third kappa shape index (κ3) is 6.41. The molecule has 0 saturated heterocycles. The number of carbonyl (C=O) groups is 2. The number of benzene rings is 2. The van der Waals surface area contributed by atoms with Crippen molar-refractivity contribution in [2.75, 3.05) is 18.5 Å². The van der Waals surface area contributed by atoms with Crippen molar-refractivity contribution in [3.05, 3.63) is 59.1 Å². The predicted octanol–water partition coefficient (Wildman–Crippen LogP) is 4.70. The number of ether oxygens (including phenoxy) is 2. The number of carbonyl (C=O) groups excluding carboxylic acids is 2. The fourth-order valence-electron chi connectivity index (χ4n) is 2.12. The summed E-state index contributed by atoms with van der Waals surface area (Å²) < 4.78 is 10.6. The van der Waals surface area contributed by atoms with Gasteiger partial charge in [0.15, 0.2) is 0 Å². The van der Waals surface area contributed by atoms with Gasteiger partial charge in [-0.05, 0) is 42.8 Å². The highest BCUT2D eigenvalue weighted by Gasteiger charge is 2.08. The summed E-state index contributed by atoms with van der Waals surface area (Å²) in [5.41, 5.74) is 1.07. The third-order valence-electron chi connectivity index (χ3n) is 3.56. The highest BCUT2D eigenvalue weighted by atomic mass is 35.5. The first-order valence-electron chi connectivity index (χ1n) is 8.54. The van der Waals surface area contributed by atoms with Crippen molar-refractivity contribution in [2.45, 2.75) is 26.2 Å². The molecule has 0 fully saturated rings. The summed E-state index contributed by atoms with van der Waals surface area (Å²) in [6, 6.07) is 13.7. The van der Waals surface area contributed by atoms with Crippen molar-refractivity contribution in [2.24, 2.45) is 0 Å². The van der Waals surface area contributed by atoms with E-state index in [1.165, 1.54) is 0 Å². The van der Waals surface area contributed by atoms with Crippen LogP contribution in [0.3, 0.4) is 0 Å². The van der Waals surface area contributed by atoms with Crippen molar-refractivity contribution < 1.29 is 19.1 Å². The van der Waals surface area contributed by atoms with E-state index in [9.17, 15) is 9.59 Å². The van der Waals surface area contributed by atoms with Crippen molar-refractivity contribution in [1.29, 1.82) is 0 Å². The van der Waals surface area contributed by atoms with Gasteiger partial charge in [-0.15, -0.1) is 0 Å². The fraction of sp³-hybridized carbons (Fsp3) is 0.300. The first-order valence-corrected chi connectivity index (χ1v) is 8.92. The lowest BCUT2D eigenvalue weighted by Crippen LogP contribution is -2.15. The number of hydrogen-bond acceptors (Lipinski definition) is 4. The highest BCUT2D eigenvalue weighted by Crippen LogP contribution is 2.23. The van der Waals surface area contributed by atoms with Crippen LogP contribution in [0.5, 0.6) is 5.75 Å². The molecule has 6 heteroatoms. The van der Waals surface area contributed by atoms with Crippen LogP contribution in [-0.4, -0.2) is 25.1 Å². The van der Waals surface area contributed by atoms with Gasteiger partial charge in [-0.2, -0.15) is 0 Å². The molecule has 0 saturated carbocycles. The number of halogens is 1. The van der Waals surface area contributed by atoms with Gasteiger partial charge in [-0.25, -0.2) is 4.79 Å². The molecule has 2 rings (SSSR count). The maximum atomic E-state index is 12.0. The first kappa shape index (κ1) is 19.8. The number of unbranched alkanes of at least 4 members (excludes halogenated alkanes) is 1. The molecule has 0 heterocycles. The average molecular weight is 376 g/mol. The van der Waals surface area contributed by atoms with E-state index in [4.69, 9.17) is 21.1 Å². The van der Waals surface area contributed by atoms with E-state index in [2.05, 4.69) is 5.32 Å². The zero-order chi connectivity index (χ0) is 18.8. The summed E-state index contributed by atoms with van der Waals surface area (Å²) in [5.74, 6) is 0.00713. The largest absolute Gasteiger partial charge is 0.491 e. The molecule has 0 aliphatic rings. The zero-order valence-electron chi connectivity index (χ0n) is 14.7. The quantitative estimate of drug-likeness (QED) is 0.509. The van der Waals surface area contributed by atoms with E-state index >= 15 is 0 Å². The summed E-state index contributed by atoms with van der Waals surface area (Å²) >= 11 is 5.99. The minimum atomic E-state index is -0.357. The standard InChI is InChI=1S/C20H22ClNO4/c1-2-3-13-26-20(24)15-8-10-16(11-9-15)22-19(23)12-14-25-18-7-5-4-6-17(18)21/h4-11H,2-3,12-14H2,1H3,(H,22,23). The second-order valence-electron chi connectivity index (χ2n) is 5.64. The van der Waals surface area contributed by atoms with Crippen molar-refractivity contribution >= 4 is 29.2 Å². The van der Waals surface area contributed by atoms with Crippen LogP contribution in [0.25, 0.3) is 0 Å². The van der Waals surface area contributed by atoms with E-state index in [-0.39, 0.29) is 24.9 Å². The van der Waals surface area contributed by atoms with Gasteiger partial charge in [-0.1, -0.05) is 37.1 Å². The molecule has 2 aromatic carbocycles. The Balaban J connectivity index is 1.76. The second kappa shape index (κ2) is 10.5. The summed E-state index contributed by atoms with van der Waals surface area (Å²) in [4.78, 5) is 23.8. The number of nitrogens with one attached hydrogen (secondary N) is 1. The molecule has 0 unspecified atom stereocenters. The molecule has 0 aliphatic carbocycles. The number of hydrogen-bond donors (Lipinski definition) is 1. The topological polar surface area (TPSA) is 64.6 Å². The Morgan fingerprint density at radius 2 is 1.77 bits per heavy atom. The van der Waals surface area contributed by atoms with Crippen LogP contribution in [0.15, 0.2) is 48.5 Å². The molecule has 0 spiro atoms. The summed E-state index contributed by atoms with van der Waals surface area (Å²) in [7, 11) is 0. The Hall–Kier alpha value is -2.53. The Morgan fingerprint density at radius 3 is 2.46 bits per heavy atom. The summed E-state index contributed by atoms with van der Waals surface area (Å²) in [6.07, 6.45) is 2.00. The third-order valence-corrected chi connectivity index (χ3v) is 3.87. The van der Waals surface area contributed by atoms with Gasteiger partial charge in [0.25, 0.3) is 0 Å². The van der Waals surface area contributed by atoms with Gasteiger partial charge in [0, 0.05) is 5.69 Å². The van der Waals surface area contributed by atoms with Crippen molar-refractivity contribution in [1.82, 2.24) is 0 Å². The fourth-order valence-corrected chi connectivity index (χ4v) is 2.31. The molecule has 5 nitrogen and oxygen atoms in total. The molecule has 0 bridgehead atoms. The zero-order valence-corrected chi connectivity index (χ0v) is 15.4. The van der Waals surface area contributed by atoms with E-state index in [0.717, 1.165) is 12.8 Å². The lowest BCUT2D eigenvalue weighted by atomic mass is 10.2. The van der Waals surface area contributed by atoms with Crippen molar-refractivity contribution in [3.63, 3.8) is 0 Å². The molecule has 0 aromatic heterocycles. The Morgan fingerprint density at radius 1 is 1.04 bits per heavy atom. The molecule has 0 aliphatic heterocycles.